The number of halogens is 4. The van der Waals surface area contributed by atoms with Crippen LogP contribution < -0.4 is 10.1 Å². The first-order valence-electron chi connectivity index (χ1n) is 8.45. The summed E-state index contributed by atoms with van der Waals surface area (Å²) in [5, 5.41) is 13.6. The van der Waals surface area contributed by atoms with Gasteiger partial charge in [-0.3, -0.25) is 0 Å². The second-order valence-corrected chi connectivity index (χ2v) is 8.30. The molecular formula is C21H15BrCl3NO3. The van der Waals surface area contributed by atoms with E-state index in [0.717, 1.165) is 15.6 Å². The number of nitrogens with one attached hydrogen (secondary N) is 1. The molecule has 0 heterocycles. The minimum absolute atomic E-state index is 0.0588. The fraction of sp³-hybridized carbons (Fsp3) is 0.0952. The van der Waals surface area contributed by atoms with Crippen LogP contribution in [0.5, 0.6) is 5.75 Å². The van der Waals surface area contributed by atoms with Crippen LogP contribution in [0.1, 0.15) is 21.5 Å². The van der Waals surface area contributed by atoms with Crippen molar-refractivity contribution in [1.29, 1.82) is 0 Å². The van der Waals surface area contributed by atoms with Crippen molar-refractivity contribution >= 4 is 62.4 Å². The van der Waals surface area contributed by atoms with E-state index in [9.17, 15) is 4.79 Å². The van der Waals surface area contributed by atoms with Gasteiger partial charge in [0, 0.05) is 37.9 Å². The Morgan fingerprint density at radius 1 is 0.966 bits per heavy atom. The highest BCUT2D eigenvalue weighted by molar-refractivity contribution is 9.10. The molecule has 0 aliphatic rings. The van der Waals surface area contributed by atoms with Crippen LogP contribution >= 0.6 is 50.7 Å². The van der Waals surface area contributed by atoms with Crippen LogP contribution in [-0.2, 0) is 13.2 Å². The van der Waals surface area contributed by atoms with Gasteiger partial charge in [-0.15, -0.1) is 0 Å². The zero-order chi connectivity index (χ0) is 21.0. The van der Waals surface area contributed by atoms with Crippen molar-refractivity contribution in [1.82, 2.24) is 0 Å². The number of carboxylic acid groups (broad SMARTS) is 1. The lowest BCUT2D eigenvalue weighted by Gasteiger charge is -2.14. The van der Waals surface area contributed by atoms with Gasteiger partial charge in [-0.25, -0.2) is 4.79 Å². The lowest BCUT2D eigenvalue weighted by atomic mass is 10.1. The number of rotatable bonds is 7. The third-order valence-electron chi connectivity index (χ3n) is 4.10. The first-order valence-corrected chi connectivity index (χ1v) is 10.4. The van der Waals surface area contributed by atoms with Gasteiger partial charge in [0.25, 0.3) is 0 Å². The van der Waals surface area contributed by atoms with Gasteiger partial charge in [-0.2, -0.15) is 0 Å². The van der Waals surface area contributed by atoms with Crippen LogP contribution in [0.2, 0.25) is 15.1 Å². The molecular weight excluding hydrogens is 500 g/mol. The van der Waals surface area contributed by atoms with E-state index in [-0.39, 0.29) is 10.6 Å². The Bertz CT molecular complexity index is 1060. The summed E-state index contributed by atoms with van der Waals surface area (Å²) in [7, 11) is 0. The second kappa shape index (κ2) is 9.72. The number of aromatic carboxylic acids is 1. The molecule has 3 aromatic carbocycles. The summed E-state index contributed by atoms with van der Waals surface area (Å²) in [6.07, 6.45) is 0. The fourth-order valence-electron chi connectivity index (χ4n) is 2.62. The van der Waals surface area contributed by atoms with E-state index in [4.69, 9.17) is 44.6 Å². The maximum absolute atomic E-state index is 11.1. The van der Waals surface area contributed by atoms with Crippen LogP contribution in [0, 0.1) is 0 Å². The highest BCUT2D eigenvalue weighted by Crippen LogP contribution is 2.28. The van der Waals surface area contributed by atoms with Gasteiger partial charge in [0.1, 0.15) is 12.4 Å². The van der Waals surface area contributed by atoms with Gasteiger partial charge in [0.05, 0.1) is 10.6 Å². The molecule has 0 radical (unpaired) electrons. The maximum Gasteiger partial charge on any atom is 0.337 e. The molecule has 0 amide bonds. The van der Waals surface area contributed by atoms with E-state index in [2.05, 4.69) is 21.2 Å². The zero-order valence-electron chi connectivity index (χ0n) is 14.9. The molecule has 4 nitrogen and oxygen atoms in total. The van der Waals surface area contributed by atoms with E-state index in [1.807, 2.05) is 24.3 Å². The Kier molecular flexibility index (Phi) is 7.30. The second-order valence-electron chi connectivity index (χ2n) is 6.13. The third kappa shape index (κ3) is 5.80. The summed E-state index contributed by atoms with van der Waals surface area (Å²) < 4.78 is 6.88. The van der Waals surface area contributed by atoms with Crippen LogP contribution in [0.25, 0.3) is 0 Å². The molecule has 0 unspecified atom stereocenters. The summed E-state index contributed by atoms with van der Waals surface area (Å²) in [5.41, 5.74) is 2.49. The van der Waals surface area contributed by atoms with Crippen LogP contribution in [0.3, 0.4) is 0 Å². The van der Waals surface area contributed by atoms with Gasteiger partial charge in [-0.05, 0) is 48.5 Å². The quantitative estimate of drug-likeness (QED) is 0.347. The van der Waals surface area contributed by atoms with Crippen molar-refractivity contribution in [3.63, 3.8) is 0 Å². The summed E-state index contributed by atoms with van der Waals surface area (Å²) in [6.45, 7) is 0.746. The first kappa shape index (κ1) is 21.8. The van der Waals surface area contributed by atoms with Gasteiger partial charge in [0.15, 0.2) is 0 Å². The molecule has 150 valence electrons. The predicted molar refractivity (Wildman–Crippen MR) is 121 cm³/mol. The van der Waals surface area contributed by atoms with Crippen molar-refractivity contribution in [2.75, 3.05) is 5.32 Å². The highest BCUT2D eigenvalue weighted by Gasteiger charge is 2.11. The van der Waals surface area contributed by atoms with Crippen LogP contribution in [-0.4, -0.2) is 11.1 Å². The van der Waals surface area contributed by atoms with Crippen LogP contribution in [0.4, 0.5) is 5.69 Å². The van der Waals surface area contributed by atoms with Crippen molar-refractivity contribution in [2.45, 2.75) is 13.2 Å². The van der Waals surface area contributed by atoms with E-state index in [0.29, 0.717) is 34.6 Å². The van der Waals surface area contributed by atoms with Gasteiger partial charge < -0.3 is 15.2 Å². The zero-order valence-corrected chi connectivity index (χ0v) is 18.7. The summed E-state index contributed by atoms with van der Waals surface area (Å²) in [4.78, 5) is 11.1. The number of carboxylic acids is 1. The van der Waals surface area contributed by atoms with Gasteiger partial charge in [-0.1, -0.05) is 56.8 Å². The molecule has 0 aliphatic carbocycles. The van der Waals surface area contributed by atoms with Gasteiger partial charge >= 0.3 is 5.97 Å². The summed E-state index contributed by atoms with van der Waals surface area (Å²) >= 11 is 21.6. The Balaban J connectivity index is 1.73. The lowest BCUT2D eigenvalue weighted by Crippen LogP contribution is -2.05. The Morgan fingerprint density at radius 3 is 2.45 bits per heavy atom. The largest absolute Gasteiger partial charge is 0.488 e. The maximum atomic E-state index is 11.1. The number of hydrogen-bond acceptors (Lipinski definition) is 3. The van der Waals surface area contributed by atoms with Crippen molar-refractivity contribution in [3.05, 3.63) is 90.8 Å². The Hall–Kier alpha value is -1.92. The topological polar surface area (TPSA) is 58.6 Å². The minimum Gasteiger partial charge on any atom is -0.488 e. The summed E-state index contributed by atoms with van der Waals surface area (Å²) in [6, 6.07) is 15.7. The SMILES string of the molecule is O=C(O)c1ccc(NCc2cc(Br)ccc2OCc2ccc(Cl)cc2Cl)cc1Cl. The smallest absolute Gasteiger partial charge is 0.337 e. The fourth-order valence-corrected chi connectivity index (χ4v) is 3.75. The molecule has 29 heavy (non-hydrogen) atoms. The number of benzene rings is 3. The van der Waals surface area contributed by atoms with E-state index >= 15 is 0 Å². The highest BCUT2D eigenvalue weighted by atomic mass is 79.9. The number of hydrogen-bond donors (Lipinski definition) is 2. The standard InChI is InChI=1S/C21H15BrCl3NO3/c22-14-2-6-20(29-11-12-1-3-15(23)8-18(12)24)13(7-14)10-26-16-4-5-17(21(27)28)19(25)9-16/h1-9,26H,10-11H2,(H,27,28). The number of anilines is 1. The number of carbonyl (C=O) groups is 1. The van der Waals surface area contributed by atoms with Crippen LogP contribution in [0.15, 0.2) is 59.1 Å². The molecule has 0 aromatic heterocycles. The Labute approximate surface area is 191 Å². The number of ether oxygens (including phenoxy) is 1. The Morgan fingerprint density at radius 2 is 1.76 bits per heavy atom. The van der Waals surface area contributed by atoms with Crippen molar-refractivity contribution in [3.8, 4) is 5.75 Å². The average Bonchev–Trinajstić information content (AvgIpc) is 2.66. The summed E-state index contributed by atoms with van der Waals surface area (Å²) in [5.74, 6) is -0.370. The normalized spacial score (nSPS) is 10.6. The van der Waals surface area contributed by atoms with E-state index in [1.54, 1.807) is 24.3 Å². The van der Waals surface area contributed by atoms with Crippen molar-refractivity contribution < 1.29 is 14.6 Å². The molecule has 3 aromatic rings. The molecule has 0 atom stereocenters. The van der Waals surface area contributed by atoms with Crippen molar-refractivity contribution in [2.24, 2.45) is 0 Å². The molecule has 0 spiro atoms. The lowest BCUT2D eigenvalue weighted by molar-refractivity contribution is 0.0697. The molecule has 0 saturated heterocycles. The van der Waals surface area contributed by atoms with Gasteiger partial charge in [0.2, 0.25) is 0 Å². The molecule has 3 rings (SSSR count). The predicted octanol–water partition coefficient (Wildman–Crippen LogP) is 7.30. The molecule has 0 bridgehead atoms. The monoisotopic (exact) mass is 513 g/mol. The third-order valence-corrected chi connectivity index (χ3v) is 5.50. The minimum atomic E-state index is -1.06. The average molecular weight is 516 g/mol. The molecule has 2 N–H and O–H groups in total. The molecule has 0 saturated carbocycles. The van der Waals surface area contributed by atoms with E-state index < -0.39 is 5.97 Å². The first-order chi connectivity index (χ1) is 13.8. The van der Waals surface area contributed by atoms with E-state index in [1.165, 1.54) is 6.07 Å². The molecule has 0 aliphatic heterocycles. The molecule has 0 fully saturated rings. The molecule has 8 heteroatoms.